The van der Waals surface area contributed by atoms with E-state index in [2.05, 4.69) is 61.4 Å². The summed E-state index contributed by atoms with van der Waals surface area (Å²) < 4.78 is 18.0. The van der Waals surface area contributed by atoms with E-state index in [0.29, 0.717) is 54.3 Å². The molecule has 4 N–H and O–H groups in total. The molecule has 0 saturated heterocycles. The third-order valence-corrected chi connectivity index (χ3v) is 14.4. The summed E-state index contributed by atoms with van der Waals surface area (Å²) in [4.78, 5) is 29.7. The van der Waals surface area contributed by atoms with Crippen LogP contribution < -0.4 is 20.9 Å². The predicted octanol–water partition coefficient (Wildman–Crippen LogP) is 7.56. The Hall–Kier alpha value is -3.09. The number of aromatic amines is 1. The molecule has 2 aromatic carbocycles. The van der Waals surface area contributed by atoms with Gasteiger partial charge in [-0.1, -0.05) is 57.7 Å². The minimum atomic E-state index is -2.24. The number of phenols is 1. The number of nitrogens with one attached hydrogen (secondary N) is 3. The van der Waals surface area contributed by atoms with Gasteiger partial charge >= 0.3 is 6.09 Å². The van der Waals surface area contributed by atoms with E-state index in [9.17, 15) is 14.7 Å². The number of carbonyl (C=O) groups is 1. The number of methoxy groups -OCH3 is 1. The first-order valence-corrected chi connectivity index (χ1v) is 19.7. The van der Waals surface area contributed by atoms with Crippen molar-refractivity contribution in [2.45, 2.75) is 89.7 Å². The molecule has 12 heteroatoms. The predicted molar refractivity (Wildman–Crippen MR) is 191 cm³/mol. The van der Waals surface area contributed by atoms with E-state index < -0.39 is 14.4 Å². The van der Waals surface area contributed by atoms with Gasteiger partial charge in [0.15, 0.2) is 8.32 Å². The molecule has 0 radical (unpaired) electrons. The number of anilines is 1. The summed E-state index contributed by atoms with van der Waals surface area (Å²) in [5.41, 5.74) is 2.16. The van der Waals surface area contributed by atoms with Crippen LogP contribution in [0.2, 0.25) is 23.2 Å². The summed E-state index contributed by atoms with van der Waals surface area (Å²) >= 11 is 6.62. The molecule has 4 rings (SSSR count). The van der Waals surface area contributed by atoms with Gasteiger partial charge in [-0.25, -0.2) is 4.79 Å². The van der Waals surface area contributed by atoms with Gasteiger partial charge in [0.1, 0.15) is 18.1 Å². The molecular formula is C35H51ClN4O6Si. The molecule has 1 saturated carbocycles. The number of hydrogen-bond donors (Lipinski definition) is 4. The van der Waals surface area contributed by atoms with Crippen molar-refractivity contribution in [2.24, 2.45) is 0 Å². The molecule has 1 aromatic heterocycles. The molecule has 3 aromatic rings. The Balaban J connectivity index is 1.44. The second kappa shape index (κ2) is 15.9. The molecule has 1 amide bonds. The normalized spacial score (nSPS) is 15.2. The van der Waals surface area contributed by atoms with Crippen molar-refractivity contribution in [1.29, 1.82) is 0 Å². The van der Waals surface area contributed by atoms with Gasteiger partial charge < -0.3 is 34.2 Å². The SMILES string of the molecule is COc1cc(NC(=O)OCCN(C)C2CCCCC2)c(Cl)cc1CNC[C@@H](O[Si](C)(C)C(C)(C)C)c1ccc(O)c2[nH]c(=O)ccc12. The third kappa shape index (κ3) is 9.51. The number of benzene rings is 2. The van der Waals surface area contributed by atoms with Gasteiger partial charge in [0.25, 0.3) is 0 Å². The zero-order valence-corrected chi connectivity index (χ0v) is 30.6. The molecule has 0 unspecified atom stereocenters. The number of aromatic hydroxyl groups is 1. The van der Waals surface area contributed by atoms with E-state index in [1.54, 1.807) is 31.4 Å². The quantitative estimate of drug-likeness (QED) is 0.136. The molecule has 1 atom stereocenters. The van der Waals surface area contributed by atoms with Gasteiger partial charge in [-0.15, -0.1) is 0 Å². The van der Waals surface area contributed by atoms with Crippen molar-refractivity contribution in [3.63, 3.8) is 0 Å². The van der Waals surface area contributed by atoms with E-state index >= 15 is 0 Å². The highest BCUT2D eigenvalue weighted by Crippen LogP contribution is 2.41. The first kappa shape index (κ1) is 36.7. The van der Waals surface area contributed by atoms with Gasteiger partial charge in [0, 0.05) is 48.8 Å². The maximum absolute atomic E-state index is 12.6. The number of aromatic nitrogens is 1. The molecule has 1 aliphatic carbocycles. The Kier molecular flexibility index (Phi) is 12.4. The average Bonchev–Trinajstić information content (AvgIpc) is 3.02. The number of rotatable bonds is 13. The van der Waals surface area contributed by atoms with Gasteiger partial charge in [-0.3, -0.25) is 10.1 Å². The van der Waals surface area contributed by atoms with Crippen LogP contribution in [0.4, 0.5) is 10.5 Å². The standard InChI is InChI=1S/C35H51ClN4O6Si/c1-35(2,3)47(6,7)46-31(25-13-15-29(41)33-26(25)14-16-32(42)39-33)22-37-21-23-19-27(36)28(20-30(23)44-5)38-34(43)45-18-17-40(4)24-11-9-8-10-12-24/h13-16,19-20,24,31,37,41H,8-12,17-18,21-22H2,1-7H3,(H,38,43)(H,39,42)/t31-/m1/s1. The second-order valence-electron chi connectivity index (χ2n) is 14.0. The molecule has 1 aliphatic rings. The number of fused-ring (bicyclic) bond motifs is 1. The zero-order valence-electron chi connectivity index (χ0n) is 28.8. The highest BCUT2D eigenvalue weighted by atomic mass is 35.5. The van der Waals surface area contributed by atoms with Crippen LogP contribution in [-0.4, -0.2) is 69.3 Å². The van der Waals surface area contributed by atoms with Crippen molar-refractivity contribution in [3.05, 3.63) is 62.9 Å². The van der Waals surface area contributed by atoms with Crippen LogP contribution in [0.5, 0.6) is 11.5 Å². The lowest BCUT2D eigenvalue weighted by atomic mass is 9.94. The van der Waals surface area contributed by atoms with Crippen molar-refractivity contribution < 1.29 is 23.8 Å². The number of ether oxygens (including phenoxy) is 2. The Morgan fingerprint density at radius 3 is 2.55 bits per heavy atom. The number of halogens is 1. The lowest BCUT2D eigenvalue weighted by Gasteiger charge is -2.39. The minimum Gasteiger partial charge on any atom is -0.506 e. The molecule has 10 nitrogen and oxygen atoms in total. The van der Waals surface area contributed by atoms with Gasteiger partial charge in [0.05, 0.1) is 29.4 Å². The summed E-state index contributed by atoms with van der Waals surface area (Å²) in [5, 5.41) is 17.8. The summed E-state index contributed by atoms with van der Waals surface area (Å²) in [6, 6.07) is 10.6. The highest BCUT2D eigenvalue weighted by molar-refractivity contribution is 6.74. The fourth-order valence-corrected chi connectivity index (χ4v) is 7.29. The molecule has 47 heavy (non-hydrogen) atoms. The third-order valence-electron chi connectivity index (χ3n) is 9.62. The van der Waals surface area contributed by atoms with E-state index in [1.807, 2.05) is 6.07 Å². The van der Waals surface area contributed by atoms with Crippen LogP contribution >= 0.6 is 11.6 Å². The van der Waals surface area contributed by atoms with Gasteiger partial charge in [-0.2, -0.15) is 0 Å². The molecule has 0 aliphatic heterocycles. The van der Waals surface area contributed by atoms with E-state index in [0.717, 1.165) is 16.5 Å². The van der Waals surface area contributed by atoms with E-state index in [-0.39, 0.29) is 22.5 Å². The lowest BCUT2D eigenvalue weighted by Crippen LogP contribution is -2.43. The zero-order chi connectivity index (χ0) is 34.4. The Labute approximate surface area is 284 Å². The first-order chi connectivity index (χ1) is 22.2. The van der Waals surface area contributed by atoms with Crippen molar-refractivity contribution >= 4 is 42.6 Å². The maximum atomic E-state index is 12.6. The Morgan fingerprint density at radius 2 is 1.87 bits per heavy atom. The van der Waals surface area contributed by atoms with Crippen LogP contribution in [0.25, 0.3) is 10.9 Å². The molecular weight excluding hydrogens is 636 g/mol. The molecule has 1 heterocycles. The topological polar surface area (TPSA) is 125 Å². The number of likely N-dealkylation sites (N-methyl/N-ethyl adjacent to an activating group) is 1. The van der Waals surface area contributed by atoms with Crippen molar-refractivity contribution in [3.8, 4) is 11.5 Å². The number of pyridine rings is 1. The number of nitrogens with zero attached hydrogens (tertiary/aromatic N) is 1. The van der Waals surface area contributed by atoms with Crippen molar-refractivity contribution in [2.75, 3.05) is 39.2 Å². The fraction of sp³-hybridized carbons (Fsp3) is 0.543. The molecule has 258 valence electrons. The fourth-order valence-electron chi connectivity index (χ4n) is 5.78. The van der Waals surface area contributed by atoms with Crippen LogP contribution in [0.1, 0.15) is 70.1 Å². The Bertz CT molecular complexity index is 1580. The van der Waals surface area contributed by atoms with Crippen LogP contribution in [-0.2, 0) is 15.7 Å². The number of phenolic OH excluding ortho intramolecular Hbond substituents is 1. The molecule has 0 bridgehead atoms. The smallest absolute Gasteiger partial charge is 0.411 e. The highest BCUT2D eigenvalue weighted by Gasteiger charge is 2.39. The number of amides is 1. The van der Waals surface area contributed by atoms with Gasteiger partial charge in [-0.05, 0) is 61.8 Å². The summed E-state index contributed by atoms with van der Waals surface area (Å²) in [6.45, 7) is 12.8. The monoisotopic (exact) mass is 686 g/mol. The lowest BCUT2D eigenvalue weighted by molar-refractivity contribution is 0.123. The summed E-state index contributed by atoms with van der Waals surface area (Å²) in [5.74, 6) is 0.563. The molecule has 0 spiro atoms. The number of H-pyrrole nitrogens is 1. The van der Waals surface area contributed by atoms with Crippen LogP contribution in [0.15, 0.2) is 41.2 Å². The number of hydrogen-bond acceptors (Lipinski definition) is 8. The average molecular weight is 687 g/mol. The number of carbonyl (C=O) groups excluding carboxylic acids is 1. The van der Waals surface area contributed by atoms with Crippen LogP contribution in [0, 0.1) is 0 Å². The first-order valence-electron chi connectivity index (χ1n) is 16.4. The van der Waals surface area contributed by atoms with Gasteiger partial charge in [0.2, 0.25) is 5.56 Å². The van der Waals surface area contributed by atoms with Crippen LogP contribution in [0.3, 0.4) is 0 Å². The second-order valence-corrected chi connectivity index (χ2v) is 19.1. The Morgan fingerprint density at radius 1 is 1.15 bits per heavy atom. The van der Waals surface area contributed by atoms with E-state index in [4.69, 9.17) is 25.5 Å². The molecule has 1 fully saturated rings. The van der Waals surface area contributed by atoms with E-state index in [1.165, 1.54) is 38.2 Å². The summed E-state index contributed by atoms with van der Waals surface area (Å²) in [6.07, 6.45) is 5.26. The maximum Gasteiger partial charge on any atom is 0.411 e. The summed E-state index contributed by atoms with van der Waals surface area (Å²) in [7, 11) is 1.42. The van der Waals surface area contributed by atoms with Crippen molar-refractivity contribution in [1.82, 2.24) is 15.2 Å². The minimum absolute atomic E-state index is 0.00391. The largest absolute Gasteiger partial charge is 0.506 e.